The van der Waals surface area contributed by atoms with E-state index < -0.39 is 0 Å². The van der Waals surface area contributed by atoms with Crippen molar-refractivity contribution < 1.29 is 14.3 Å². The Morgan fingerprint density at radius 3 is 2.69 bits per heavy atom. The fourth-order valence-electron chi connectivity index (χ4n) is 3.92. The van der Waals surface area contributed by atoms with Crippen molar-refractivity contribution in [1.29, 1.82) is 0 Å². The molecule has 1 unspecified atom stereocenters. The predicted molar refractivity (Wildman–Crippen MR) is 104 cm³/mol. The first-order chi connectivity index (χ1) is 12.8. The number of ether oxygens (including phenoxy) is 2. The maximum Gasteiger partial charge on any atom is 0.225 e. The van der Waals surface area contributed by atoms with Gasteiger partial charge in [0.25, 0.3) is 0 Å². The predicted octanol–water partition coefficient (Wildman–Crippen LogP) is 4.36. The van der Waals surface area contributed by atoms with E-state index in [9.17, 15) is 4.79 Å². The number of fused-ring (bicyclic) bond motifs is 1. The average molecular weight is 360 g/mol. The molecule has 1 aromatic rings. The third-order valence-corrected chi connectivity index (χ3v) is 5.49. The maximum atomic E-state index is 12.8. The molecule has 26 heavy (non-hydrogen) atoms. The highest BCUT2D eigenvalue weighted by atomic mass is 16.5. The number of rotatable bonds is 2. The Morgan fingerprint density at radius 1 is 0.962 bits per heavy atom. The summed E-state index contributed by atoms with van der Waals surface area (Å²) < 4.78 is 11.8. The Labute approximate surface area is 157 Å². The molecule has 0 aromatic heterocycles. The van der Waals surface area contributed by atoms with Crippen molar-refractivity contribution >= 4 is 5.91 Å². The van der Waals surface area contributed by atoms with Crippen LogP contribution >= 0.6 is 0 Å². The normalized spacial score (nSPS) is 22.9. The molecule has 3 rings (SSSR count). The monoisotopic (exact) mass is 359 g/mol. The van der Waals surface area contributed by atoms with Gasteiger partial charge >= 0.3 is 0 Å². The van der Waals surface area contributed by atoms with Crippen molar-refractivity contribution in [3.05, 3.63) is 29.8 Å². The van der Waals surface area contributed by atoms with Gasteiger partial charge < -0.3 is 14.4 Å². The lowest BCUT2D eigenvalue weighted by molar-refractivity contribution is -0.135. The Kier molecular flexibility index (Phi) is 7.81. The Hall–Kier alpha value is -1.55. The molecule has 1 fully saturated rings. The number of carbonyl (C=O) groups excluding carboxylic acids is 1. The summed E-state index contributed by atoms with van der Waals surface area (Å²) in [5.41, 5.74) is 1.29. The smallest absolute Gasteiger partial charge is 0.225 e. The van der Waals surface area contributed by atoms with Crippen LogP contribution in [0.4, 0.5) is 0 Å². The topological polar surface area (TPSA) is 38.8 Å². The summed E-state index contributed by atoms with van der Waals surface area (Å²) in [6.07, 6.45) is 11.0. The third kappa shape index (κ3) is 6.01. The van der Waals surface area contributed by atoms with E-state index in [1.807, 2.05) is 11.0 Å². The molecule has 0 bridgehead atoms. The highest BCUT2D eigenvalue weighted by molar-refractivity contribution is 5.76. The summed E-state index contributed by atoms with van der Waals surface area (Å²) in [7, 11) is 0. The molecule has 1 saturated heterocycles. The minimum Gasteiger partial charge on any atom is -0.491 e. The minimum absolute atomic E-state index is 0.113. The second kappa shape index (κ2) is 10.6. The molecular weight excluding hydrogens is 326 g/mol. The summed E-state index contributed by atoms with van der Waals surface area (Å²) in [4.78, 5) is 14.8. The first-order valence-electron chi connectivity index (χ1n) is 10.4. The van der Waals surface area contributed by atoms with Crippen LogP contribution in [0.3, 0.4) is 0 Å². The fourth-order valence-corrected chi connectivity index (χ4v) is 3.92. The van der Waals surface area contributed by atoms with Crippen LogP contribution in [0.25, 0.3) is 0 Å². The van der Waals surface area contributed by atoms with Gasteiger partial charge in [0.2, 0.25) is 5.91 Å². The van der Waals surface area contributed by atoms with Gasteiger partial charge in [-0.1, -0.05) is 37.5 Å². The summed E-state index contributed by atoms with van der Waals surface area (Å²) in [6.45, 7) is 2.88. The number of hydrogen-bond acceptors (Lipinski definition) is 3. The molecule has 0 aliphatic carbocycles. The van der Waals surface area contributed by atoms with E-state index in [-0.39, 0.29) is 12.0 Å². The van der Waals surface area contributed by atoms with Crippen LogP contribution in [-0.2, 0) is 16.0 Å². The molecule has 2 heterocycles. The molecule has 4 nitrogen and oxygen atoms in total. The van der Waals surface area contributed by atoms with Gasteiger partial charge in [0, 0.05) is 13.2 Å². The van der Waals surface area contributed by atoms with E-state index in [0.717, 1.165) is 44.6 Å². The van der Waals surface area contributed by atoms with Gasteiger partial charge in [0.15, 0.2) is 0 Å². The van der Waals surface area contributed by atoms with Crippen molar-refractivity contribution in [3.8, 4) is 5.75 Å². The lowest BCUT2D eigenvalue weighted by Crippen LogP contribution is -2.38. The lowest BCUT2D eigenvalue weighted by atomic mass is 10.0. The molecule has 0 saturated carbocycles. The van der Waals surface area contributed by atoms with Crippen LogP contribution in [-0.4, -0.2) is 43.2 Å². The zero-order valence-corrected chi connectivity index (χ0v) is 16.0. The van der Waals surface area contributed by atoms with Gasteiger partial charge in [0.05, 0.1) is 19.1 Å². The third-order valence-electron chi connectivity index (χ3n) is 5.49. The zero-order chi connectivity index (χ0) is 18.0. The summed E-state index contributed by atoms with van der Waals surface area (Å²) in [5, 5.41) is 0. The average Bonchev–Trinajstić information content (AvgIpc) is 2.69. The van der Waals surface area contributed by atoms with Crippen LogP contribution < -0.4 is 4.74 Å². The van der Waals surface area contributed by atoms with Crippen molar-refractivity contribution in [2.75, 3.05) is 26.3 Å². The molecular formula is C22H33NO3. The molecule has 0 spiro atoms. The van der Waals surface area contributed by atoms with E-state index in [1.165, 1.54) is 37.7 Å². The Morgan fingerprint density at radius 2 is 1.81 bits per heavy atom. The van der Waals surface area contributed by atoms with Crippen molar-refractivity contribution in [3.63, 3.8) is 0 Å². The van der Waals surface area contributed by atoms with Crippen LogP contribution in [0.1, 0.15) is 63.4 Å². The summed E-state index contributed by atoms with van der Waals surface area (Å²) >= 11 is 0. The Bertz CT molecular complexity index is 554. The largest absolute Gasteiger partial charge is 0.491 e. The van der Waals surface area contributed by atoms with Gasteiger partial charge in [0.1, 0.15) is 12.4 Å². The molecule has 0 radical (unpaired) electrons. The Balaban J connectivity index is 1.58. The number of hydrogen-bond donors (Lipinski definition) is 0. The quantitative estimate of drug-likeness (QED) is 0.787. The van der Waals surface area contributed by atoms with Crippen LogP contribution in [0.2, 0.25) is 0 Å². The standard InChI is InChI=1S/C22H33NO3/c24-22(18-20-12-7-9-16-25-20)23-14-8-3-1-2-4-10-19-11-5-6-13-21(19)26-17-15-23/h5-6,11,13,20H,1-4,7-10,12,14-18H2. The second-order valence-corrected chi connectivity index (χ2v) is 7.55. The molecule has 1 aromatic carbocycles. The highest BCUT2D eigenvalue weighted by Gasteiger charge is 2.21. The molecule has 2 aliphatic heterocycles. The molecule has 0 N–H and O–H groups in total. The number of amides is 1. The van der Waals surface area contributed by atoms with Gasteiger partial charge in [-0.25, -0.2) is 0 Å². The van der Waals surface area contributed by atoms with Crippen molar-refractivity contribution in [2.24, 2.45) is 0 Å². The van der Waals surface area contributed by atoms with Crippen LogP contribution in [0, 0.1) is 0 Å². The molecule has 4 heteroatoms. The summed E-state index contributed by atoms with van der Waals surface area (Å²) in [6, 6.07) is 8.33. The fraction of sp³-hybridized carbons (Fsp3) is 0.682. The first kappa shape index (κ1) is 19.2. The molecule has 1 amide bonds. The van der Waals surface area contributed by atoms with Gasteiger partial charge in [-0.05, 0) is 50.2 Å². The molecule has 1 atom stereocenters. The minimum atomic E-state index is 0.113. The first-order valence-corrected chi connectivity index (χ1v) is 10.4. The number of benzene rings is 1. The van der Waals surface area contributed by atoms with Crippen molar-refractivity contribution in [1.82, 2.24) is 4.90 Å². The SMILES string of the molecule is O=C(CC1CCCCO1)N1CCCCCCCc2ccccc2OCC1. The number of nitrogens with zero attached hydrogens (tertiary/aromatic N) is 1. The number of para-hydroxylation sites is 1. The van der Waals surface area contributed by atoms with Crippen molar-refractivity contribution in [2.45, 2.75) is 70.3 Å². The van der Waals surface area contributed by atoms with Gasteiger partial charge in [-0.2, -0.15) is 0 Å². The zero-order valence-electron chi connectivity index (χ0n) is 16.0. The number of carbonyl (C=O) groups is 1. The van der Waals surface area contributed by atoms with E-state index in [2.05, 4.69) is 18.2 Å². The van der Waals surface area contributed by atoms with E-state index in [4.69, 9.17) is 9.47 Å². The summed E-state index contributed by atoms with van der Waals surface area (Å²) in [5.74, 6) is 1.21. The molecule has 144 valence electrons. The van der Waals surface area contributed by atoms with Gasteiger partial charge in [-0.15, -0.1) is 0 Å². The van der Waals surface area contributed by atoms with E-state index in [0.29, 0.717) is 19.6 Å². The lowest BCUT2D eigenvalue weighted by Gasteiger charge is -2.27. The highest BCUT2D eigenvalue weighted by Crippen LogP contribution is 2.22. The molecule has 2 aliphatic rings. The van der Waals surface area contributed by atoms with E-state index in [1.54, 1.807) is 0 Å². The maximum absolute atomic E-state index is 12.8. The second-order valence-electron chi connectivity index (χ2n) is 7.55. The van der Waals surface area contributed by atoms with Crippen LogP contribution in [0.15, 0.2) is 24.3 Å². The van der Waals surface area contributed by atoms with Gasteiger partial charge in [-0.3, -0.25) is 4.79 Å². The number of aryl methyl sites for hydroxylation is 1. The van der Waals surface area contributed by atoms with E-state index >= 15 is 0 Å². The van der Waals surface area contributed by atoms with Crippen LogP contribution in [0.5, 0.6) is 5.75 Å².